The van der Waals surface area contributed by atoms with Crippen molar-refractivity contribution >= 4 is 22.2 Å². The average molecular weight is 242 g/mol. The molecule has 2 aromatic heterocycles. The van der Waals surface area contributed by atoms with Crippen LogP contribution in [0.1, 0.15) is 0 Å². The van der Waals surface area contributed by atoms with Gasteiger partial charge in [-0.05, 0) is 23.6 Å². The van der Waals surface area contributed by atoms with Crippen molar-refractivity contribution in [2.45, 2.75) is 0 Å². The van der Waals surface area contributed by atoms with Crippen molar-refractivity contribution in [3.05, 3.63) is 41.8 Å². The van der Waals surface area contributed by atoms with Gasteiger partial charge in [0.15, 0.2) is 5.82 Å². The molecule has 3 nitrogen and oxygen atoms in total. The van der Waals surface area contributed by atoms with Crippen molar-refractivity contribution in [1.29, 1.82) is 0 Å². The Bertz CT molecular complexity index is 650. The highest BCUT2D eigenvalue weighted by molar-refractivity contribution is 7.13. The highest BCUT2D eigenvalue weighted by Crippen LogP contribution is 2.28. The van der Waals surface area contributed by atoms with Gasteiger partial charge >= 0.3 is 0 Å². The minimum atomic E-state index is 0.624. The molecule has 0 radical (unpaired) electrons. The number of hydrogen-bond donors (Lipinski definition) is 0. The van der Waals surface area contributed by atoms with Crippen molar-refractivity contribution in [3.63, 3.8) is 0 Å². The number of methoxy groups -OCH3 is 1. The molecule has 0 saturated heterocycles. The molecule has 1 aromatic carbocycles. The molecule has 3 aromatic rings. The van der Waals surface area contributed by atoms with E-state index in [0.29, 0.717) is 5.88 Å². The Morgan fingerprint density at radius 2 is 1.94 bits per heavy atom. The Morgan fingerprint density at radius 3 is 2.71 bits per heavy atom. The van der Waals surface area contributed by atoms with Crippen LogP contribution in [0.3, 0.4) is 0 Å². The van der Waals surface area contributed by atoms with Crippen molar-refractivity contribution in [1.82, 2.24) is 9.97 Å². The summed E-state index contributed by atoms with van der Waals surface area (Å²) in [6, 6.07) is 11.9. The zero-order chi connectivity index (χ0) is 11.7. The molecule has 4 heteroatoms. The molecule has 0 N–H and O–H groups in total. The van der Waals surface area contributed by atoms with Gasteiger partial charge in [-0.1, -0.05) is 18.2 Å². The van der Waals surface area contributed by atoms with Gasteiger partial charge in [-0.25, -0.2) is 4.98 Å². The molecule has 0 amide bonds. The lowest BCUT2D eigenvalue weighted by atomic mass is 10.2. The van der Waals surface area contributed by atoms with E-state index in [4.69, 9.17) is 4.74 Å². The quantitative estimate of drug-likeness (QED) is 0.691. The predicted molar refractivity (Wildman–Crippen MR) is 69.4 cm³/mol. The molecule has 3 rings (SSSR count). The predicted octanol–water partition coefficient (Wildman–Crippen LogP) is 3.37. The lowest BCUT2D eigenvalue weighted by Crippen LogP contribution is -1.94. The molecule has 0 spiro atoms. The molecule has 17 heavy (non-hydrogen) atoms. The third-order valence-corrected chi connectivity index (χ3v) is 3.37. The fraction of sp³-hybridized carbons (Fsp3) is 0.0769. The summed E-state index contributed by atoms with van der Waals surface area (Å²) >= 11 is 1.62. The molecule has 0 unspecified atom stereocenters. The van der Waals surface area contributed by atoms with Crippen molar-refractivity contribution in [2.24, 2.45) is 0 Å². The first-order valence-corrected chi connectivity index (χ1v) is 6.11. The molecule has 84 valence electrons. The first-order valence-electron chi connectivity index (χ1n) is 5.23. The van der Waals surface area contributed by atoms with Gasteiger partial charge in [0.25, 0.3) is 0 Å². The third kappa shape index (κ3) is 1.76. The lowest BCUT2D eigenvalue weighted by molar-refractivity contribution is 0.403. The van der Waals surface area contributed by atoms with E-state index in [0.717, 1.165) is 21.6 Å². The smallest absolute Gasteiger partial charge is 0.224 e. The minimum Gasteiger partial charge on any atom is -0.480 e. The molecule has 0 fully saturated rings. The van der Waals surface area contributed by atoms with E-state index in [1.807, 2.05) is 41.8 Å². The van der Waals surface area contributed by atoms with Crippen LogP contribution >= 0.6 is 11.3 Å². The molecule has 0 aliphatic heterocycles. The van der Waals surface area contributed by atoms with E-state index < -0.39 is 0 Å². The number of hydrogen-bond acceptors (Lipinski definition) is 4. The van der Waals surface area contributed by atoms with E-state index in [2.05, 4.69) is 9.97 Å². The largest absolute Gasteiger partial charge is 0.480 e. The van der Waals surface area contributed by atoms with Crippen LogP contribution in [0.4, 0.5) is 0 Å². The third-order valence-electron chi connectivity index (χ3n) is 2.50. The first-order chi connectivity index (χ1) is 8.38. The van der Waals surface area contributed by atoms with E-state index in [9.17, 15) is 0 Å². The maximum atomic E-state index is 5.32. The number of ether oxygens (including phenoxy) is 1. The van der Waals surface area contributed by atoms with Crippen LogP contribution in [0, 0.1) is 0 Å². The Labute approximate surface area is 103 Å². The number of aromatic nitrogens is 2. The standard InChI is InChI=1S/C13H10N2OS/c1-16-13-9-5-2-3-6-10(9)14-12(15-13)11-7-4-8-17-11/h2-8H,1H3. The van der Waals surface area contributed by atoms with Gasteiger partial charge < -0.3 is 4.74 Å². The van der Waals surface area contributed by atoms with Gasteiger partial charge in [-0.15, -0.1) is 11.3 Å². The Kier molecular flexibility index (Phi) is 2.49. The number of benzene rings is 1. The van der Waals surface area contributed by atoms with Gasteiger partial charge in [0.1, 0.15) is 0 Å². The molecular weight excluding hydrogens is 232 g/mol. The number of fused-ring (bicyclic) bond motifs is 1. The normalized spacial score (nSPS) is 10.6. The molecule has 0 atom stereocenters. The summed E-state index contributed by atoms with van der Waals surface area (Å²) in [5, 5.41) is 2.95. The molecule has 0 aliphatic rings. The Hall–Kier alpha value is -1.94. The fourth-order valence-electron chi connectivity index (χ4n) is 1.72. The Balaban J connectivity index is 2.28. The summed E-state index contributed by atoms with van der Waals surface area (Å²) in [5.74, 6) is 1.34. The second kappa shape index (κ2) is 4.14. The van der Waals surface area contributed by atoms with Crippen LogP contribution in [-0.2, 0) is 0 Å². The van der Waals surface area contributed by atoms with E-state index in [1.54, 1.807) is 18.4 Å². The number of thiophene rings is 1. The van der Waals surface area contributed by atoms with Crippen LogP contribution in [0.25, 0.3) is 21.6 Å². The monoisotopic (exact) mass is 242 g/mol. The Morgan fingerprint density at radius 1 is 1.06 bits per heavy atom. The highest BCUT2D eigenvalue weighted by Gasteiger charge is 2.09. The SMILES string of the molecule is COc1nc(-c2cccs2)nc2ccccc12. The maximum Gasteiger partial charge on any atom is 0.224 e. The molecule has 0 bridgehead atoms. The van der Waals surface area contributed by atoms with Crippen molar-refractivity contribution in [2.75, 3.05) is 7.11 Å². The average Bonchev–Trinajstić information content (AvgIpc) is 2.91. The van der Waals surface area contributed by atoms with Crippen LogP contribution < -0.4 is 4.74 Å². The molecular formula is C13H10N2OS. The van der Waals surface area contributed by atoms with Gasteiger partial charge in [0.05, 0.1) is 22.9 Å². The highest BCUT2D eigenvalue weighted by atomic mass is 32.1. The van der Waals surface area contributed by atoms with Gasteiger partial charge in [0.2, 0.25) is 5.88 Å². The van der Waals surface area contributed by atoms with Crippen LogP contribution in [0.2, 0.25) is 0 Å². The minimum absolute atomic E-state index is 0.624. The van der Waals surface area contributed by atoms with Gasteiger partial charge in [0, 0.05) is 0 Å². The summed E-state index contributed by atoms with van der Waals surface area (Å²) < 4.78 is 5.32. The summed E-state index contributed by atoms with van der Waals surface area (Å²) in [6.45, 7) is 0. The number of rotatable bonds is 2. The van der Waals surface area contributed by atoms with Crippen molar-refractivity contribution in [3.8, 4) is 16.6 Å². The summed E-state index contributed by atoms with van der Waals surface area (Å²) in [7, 11) is 1.63. The van der Waals surface area contributed by atoms with E-state index in [-0.39, 0.29) is 0 Å². The first kappa shape index (κ1) is 10.2. The molecule has 0 saturated carbocycles. The zero-order valence-corrected chi connectivity index (χ0v) is 10.1. The van der Waals surface area contributed by atoms with Crippen LogP contribution in [0.5, 0.6) is 5.88 Å². The number of para-hydroxylation sites is 1. The van der Waals surface area contributed by atoms with Crippen LogP contribution in [-0.4, -0.2) is 17.1 Å². The fourth-order valence-corrected chi connectivity index (χ4v) is 2.38. The van der Waals surface area contributed by atoms with Gasteiger partial charge in [-0.2, -0.15) is 4.98 Å². The van der Waals surface area contributed by atoms with Crippen LogP contribution in [0.15, 0.2) is 41.8 Å². The summed E-state index contributed by atoms with van der Waals surface area (Å²) in [5.41, 5.74) is 0.905. The zero-order valence-electron chi connectivity index (χ0n) is 9.25. The lowest BCUT2D eigenvalue weighted by Gasteiger charge is -2.05. The number of nitrogens with zero attached hydrogens (tertiary/aromatic N) is 2. The molecule has 0 aliphatic carbocycles. The van der Waals surface area contributed by atoms with Crippen molar-refractivity contribution < 1.29 is 4.74 Å². The summed E-state index contributed by atoms with van der Waals surface area (Å²) in [6.07, 6.45) is 0. The second-order valence-corrected chi connectivity index (χ2v) is 4.50. The maximum absolute atomic E-state index is 5.32. The second-order valence-electron chi connectivity index (χ2n) is 3.55. The molecule has 2 heterocycles. The summed E-state index contributed by atoms with van der Waals surface area (Å²) in [4.78, 5) is 10.0. The van der Waals surface area contributed by atoms with Gasteiger partial charge in [-0.3, -0.25) is 0 Å². The topological polar surface area (TPSA) is 35.0 Å². The van der Waals surface area contributed by atoms with E-state index in [1.165, 1.54) is 0 Å². The van der Waals surface area contributed by atoms with E-state index >= 15 is 0 Å².